The molecular formula is C18H29N3O3S. The second-order valence-corrected chi connectivity index (χ2v) is 8.67. The first kappa shape index (κ1) is 18.6. The molecule has 140 valence electrons. The van der Waals surface area contributed by atoms with Crippen LogP contribution in [-0.4, -0.2) is 70.0 Å². The summed E-state index contributed by atoms with van der Waals surface area (Å²) in [6.07, 6.45) is 4.98. The molecule has 1 N–H and O–H groups in total. The van der Waals surface area contributed by atoms with Gasteiger partial charge in [0.2, 0.25) is 10.0 Å². The Bertz CT molecular complexity index is 621. The third kappa shape index (κ3) is 5.17. The van der Waals surface area contributed by atoms with Crippen LogP contribution in [0.15, 0.2) is 29.2 Å². The summed E-state index contributed by atoms with van der Waals surface area (Å²) in [6.45, 7) is 6.62. The van der Waals surface area contributed by atoms with Crippen molar-refractivity contribution in [2.24, 2.45) is 0 Å². The summed E-state index contributed by atoms with van der Waals surface area (Å²) in [5.74, 6) is 0.734. The summed E-state index contributed by atoms with van der Waals surface area (Å²) in [5.41, 5.74) is 0. The highest BCUT2D eigenvalue weighted by molar-refractivity contribution is 7.89. The van der Waals surface area contributed by atoms with Crippen LogP contribution in [0.2, 0.25) is 0 Å². The number of benzene rings is 1. The van der Waals surface area contributed by atoms with Crippen LogP contribution >= 0.6 is 0 Å². The first-order valence-corrected chi connectivity index (χ1v) is 10.8. The molecule has 2 saturated heterocycles. The molecule has 6 nitrogen and oxygen atoms in total. The molecule has 0 spiro atoms. The van der Waals surface area contributed by atoms with E-state index in [4.69, 9.17) is 4.74 Å². The van der Waals surface area contributed by atoms with E-state index in [1.807, 2.05) is 0 Å². The molecule has 0 atom stereocenters. The van der Waals surface area contributed by atoms with E-state index in [1.165, 1.54) is 36.7 Å². The van der Waals surface area contributed by atoms with Gasteiger partial charge in [0, 0.05) is 32.7 Å². The van der Waals surface area contributed by atoms with Crippen LogP contribution in [0.5, 0.6) is 5.75 Å². The van der Waals surface area contributed by atoms with Crippen LogP contribution in [-0.2, 0) is 10.0 Å². The maximum absolute atomic E-state index is 12.6. The lowest BCUT2D eigenvalue weighted by Gasteiger charge is -2.26. The van der Waals surface area contributed by atoms with Crippen LogP contribution in [0.4, 0.5) is 0 Å². The van der Waals surface area contributed by atoms with Crippen molar-refractivity contribution in [1.82, 2.24) is 14.5 Å². The average Bonchev–Trinajstić information content (AvgIpc) is 2.67. The Kier molecular flexibility index (Phi) is 6.70. The van der Waals surface area contributed by atoms with Crippen molar-refractivity contribution in [3.63, 3.8) is 0 Å². The van der Waals surface area contributed by atoms with Crippen LogP contribution in [0.25, 0.3) is 0 Å². The zero-order valence-electron chi connectivity index (χ0n) is 14.8. The molecule has 0 amide bonds. The summed E-state index contributed by atoms with van der Waals surface area (Å²) >= 11 is 0. The van der Waals surface area contributed by atoms with Gasteiger partial charge in [0.05, 0.1) is 11.5 Å². The summed E-state index contributed by atoms with van der Waals surface area (Å²) in [7, 11) is -3.39. The number of nitrogens with zero attached hydrogens (tertiary/aromatic N) is 2. The van der Waals surface area contributed by atoms with Crippen LogP contribution in [0.3, 0.4) is 0 Å². The van der Waals surface area contributed by atoms with Crippen molar-refractivity contribution < 1.29 is 13.2 Å². The number of rotatable bonds is 7. The number of sulfonamides is 1. The van der Waals surface area contributed by atoms with E-state index in [9.17, 15) is 8.42 Å². The predicted octanol–water partition coefficient (Wildman–Crippen LogP) is 1.54. The van der Waals surface area contributed by atoms with Crippen LogP contribution in [0, 0.1) is 0 Å². The maximum atomic E-state index is 12.6. The quantitative estimate of drug-likeness (QED) is 0.741. The highest BCUT2D eigenvalue weighted by atomic mass is 32.2. The molecule has 0 aliphatic carbocycles. The van der Waals surface area contributed by atoms with E-state index in [-0.39, 0.29) is 0 Å². The first-order chi connectivity index (χ1) is 12.2. The largest absolute Gasteiger partial charge is 0.494 e. The normalized spacial score (nSPS) is 20.5. The zero-order chi connectivity index (χ0) is 17.5. The molecule has 1 aromatic carbocycles. The molecule has 0 aromatic heterocycles. The number of hydrogen-bond donors (Lipinski definition) is 1. The van der Waals surface area contributed by atoms with Gasteiger partial charge in [0.25, 0.3) is 0 Å². The summed E-state index contributed by atoms with van der Waals surface area (Å²) in [5, 5.41) is 3.17. The van der Waals surface area contributed by atoms with E-state index < -0.39 is 10.0 Å². The fourth-order valence-electron chi connectivity index (χ4n) is 3.40. The minimum Gasteiger partial charge on any atom is -0.494 e. The van der Waals surface area contributed by atoms with Gasteiger partial charge in [-0.2, -0.15) is 4.31 Å². The minimum absolute atomic E-state index is 0.343. The van der Waals surface area contributed by atoms with Crippen molar-refractivity contribution in [2.45, 2.75) is 30.6 Å². The first-order valence-electron chi connectivity index (χ1n) is 9.32. The van der Waals surface area contributed by atoms with Crippen LogP contribution < -0.4 is 10.1 Å². The van der Waals surface area contributed by atoms with Gasteiger partial charge in [0.1, 0.15) is 5.75 Å². The zero-order valence-corrected chi connectivity index (χ0v) is 15.6. The minimum atomic E-state index is -3.39. The summed E-state index contributed by atoms with van der Waals surface area (Å²) < 4.78 is 32.5. The summed E-state index contributed by atoms with van der Waals surface area (Å²) in [4.78, 5) is 2.84. The van der Waals surface area contributed by atoms with Crippen molar-refractivity contribution in [3.8, 4) is 5.75 Å². The molecule has 2 aliphatic heterocycles. The van der Waals surface area contributed by atoms with E-state index in [0.717, 1.165) is 18.7 Å². The van der Waals surface area contributed by atoms with Gasteiger partial charge < -0.3 is 15.0 Å². The third-order valence-electron chi connectivity index (χ3n) is 4.87. The van der Waals surface area contributed by atoms with Gasteiger partial charge in [-0.3, -0.25) is 0 Å². The monoisotopic (exact) mass is 367 g/mol. The van der Waals surface area contributed by atoms with E-state index in [2.05, 4.69) is 10.2 Å². The second-order valence-electron chi connectivity index (χ2n) is 6.73. The molecule has 1 aromatic rings. The molecule has 0 bridgehead atoms. The van der Waals surface area contributed by atoms with Gasteiger partial charge in [-0.15, -0.1) is 0 Å². The van der Waals surface area contributed by atoms with E-state index in [1.54, 1.807) is 24.3 Å². The van der Waals surface area contributed by atoms with Crippen LogP contribution in [0.1, 0.15) is 25.7 Å². The Morgan fingerprint density at radius 3 is 2.32 bits per heavy atom. The molecule has 25 heavy (non-hydrogen) atoms. The van der Waals surface area contributed by atoms with Crippen molar-refractivity contribution in [2.75, 3.05) is 52.4 Å². The van der Waals surface area contributed by atoms with Crippen molar-refractivity contribution in [1.29, 1.82) is 0 Å². The fraction of sp³-hybridized carbons (Fsp3) is 0.667. The van der Waals surface area contributed by atoms with E-state index in [0.29, 0.717) is 37.7 Å². The van der Waals surface area contributed by atoms with E-state index >= 15 is 0 Å². The molecule has 0 unspecified atom stereocenters. The number of ether oxygens (including phenoxy) is 1. The van der Waals surface area contributed by atoms with Crippen molar-refractivity contribution in [3.05, 3.63) is 24.3 Å². The lowest BCUT2D eigenvalue weighted by molar-refractivity contribution is 0.205. The number of hydrogen-bond acceptors (Lipinski definition) is 5. The molecular weight excluding hydrogens is 338 g/mol. The number of nitrogens with one attached hydrogen (secondary N) is 1. The second kappa shape index (κ2) is 8.98. The molecule has 2 aliphatic rings. The van der Waals surface area contributed by atoms with Gasteiger partial charge in [0.15, 0.2) is 0 Å². The molecule has 7 heteroatoms. The smallest absolute Gasteiger partial charge is 0.243 e. The predicted molar refractivity (Wildman–Crippen MR) is 98.5 cm³/mol. The molecule has 2 fully saturated rings. The lowest BCUT2D eigenvalue weighted by Crippen LogP contribution is -2.46. The Hall–Kier alpha value is -1.15. The van der Waals surface area contributed by atoms with Gasteiger partial charge in [-0.05, 0) is 56.6 Å². The fourth-order valence-corrected chi connectivity index (χ4v) is 4.84. The Morgan fingerprint density at radius 2 is 1.64 bits per heavy atom. The lowest BCUT2D eigenvalue weighted by atomic mass is 10.1. The number of likely N-dealkylation sites (tertiary alicyclic amines) is 1. The van der Waals surface area contributed by atoms with Gasteiger partial charge in [-0.1, -0.05) is 6.42 Å². The van der Waals surface area contributed by atoms with Crippen molar-refractivity contribution >= 4 is 10.0 Å². The van der Waals surface area contributed by atoms with Gasteiger partial charge >= 0.3 is 0 Å². The highest BCUT2D eigenvalue weighted by Gasteiger charge is 2.25. The highest BCUT2D eigenvalue weighted by Crippen LogP contribution is 2.20. The third-order valence-corrected chi connectivity index (χ3v) is 6.79. The Labute approximate surface area is 151 Å². The molecule has 3 rings (SSSR count). The number of piperidine rings is 1. The standard InChI is InChI=1S/C18H29N3O3S/c22-25(23,21-14-9-19-10-15-21)18-7-5-17(6-8-18)24-16-4-13-20-11-2-1-3-12-20/h5-8,19H,1-4,9-16H2. The van der Waals surface area contributed by atoms with Gasteiger partial charge in [-0.25, -0.2) is 8.42 Å². The summed E-state index contributed by atoms with van der Waals surface area (Å²) in [6, 6.07) is 6.82. The maximum Gasteiger partial charge on any atom is 0.243 e. The number of piperazine rings is 1. The molecule has 2 heterocycles. The Morgan fingerprint density at radius 1 is 0.960 bits per heavy atom. The Balaban J connectivity index is 1.46. The topological polar surface area (TPSA) is 61.9 Å². The SMILES string of the molecule is O=S(=O)(c1ccc(OCCCN2CCCCC2)cc1)N1CCNCC1. The molecule has 0 saturated carbocycles. The average molecular weight is 368 g/mol. The molecule has 0 radical (unpaired) electrons.